The normalized spacial score (nSPS) is 15.7. The van der Waals surface area contributed by atoms with Crippen LogP contribution >= 0.6 is 0 Å². The maximum Gasteiger partial charge on any atom is 0.326 e. The number of rotatable bonds is 15. The number of nitrogens with two attached hydrogens (primary N) is 2. The Hall–Kier alpha value is -2.73. The van der Waals surface area contributed by atoms with Crippen LogP contribution in [0, 0.1) is 11.8 Å². The largest absolute Gasteiger partial charge is 0.480 e. The Morgan fingerprint density at radius 1 is 0.875 bits per heavy atom. The van der Waals surface area contributed by atoms with E-state index in [1.807, 2.05) is 27.7 Å². The van der Waals surface area contributed by atoms with Gasteiger partial charge in [-0.2, -0.15) is 0 Å². The van der Waals surface area contributed by atoms with E-state index in [1.165, 1.54) is 0 Å². The van der Waals surface area contributed by atoms with Crippen molar-refractivity contribution >= 4 is 29.6 Å². The van der Waals surface area contributed by atoms with Gasteiger partial charge in [-0.05, 0) is 24.7 Å². The molecule has 0 rings (SSSR count). The smallest absolute Gasteiger partial charge is 0.326 e. The first kappa shape index (κ1) is 29.3. The minimum atomic E-state index is -1.47. The lowest BCUT2D eigenvalue weighted by molar-refractivity contribution is -0.143. The van der Waals surface area contributed by atoms with Crippen molar-refractivity contribution in [1.29, 1.82) is 0 Å². The Labute approximate surface area is 187 Å². The number of aliphatic hydroxyl groups is 1. The van der Waals surface area contributed by atoms with Gasteiger partial charge in [0.2, 0.25) is 23.6 Å². The summed E-state index contributed by atoms with van der Waals surface area (Å²) in [6.07, 6.45) is 0.401. The summed E-state index contributed by atoms with van der Waals surface area (Å²) >= 11 is 0. The molecule has 12 heteroatoms. The third kappa shape index (κ3) is 10.5. The molecule has 0 radical (unpaired) electrons. The van der Waals surface area contributed by atoms with E-state index < -0.39 is 60.4 Å². The Balaban J connectivity index is 5.27. The van der Waals surface area contributed by atoms with Gasteiger partial charge >= 0.3 is 5.97 Å². The molecule has 0 bridgehead atoms. The van der Waals surface area contributed by atoms with Gasteiger partial charge in [0.1, 0.15) is 18.1 Å². The topological polar surface area (TPSA) is 214 Å². The molecule has 0 aromatic carbocycles. The quantitative estimate of drug-likeness (QED) is 0.148. The first-order valence-electron chi connectivity index (χ1n) is 10.6. The van der Waals surface area contributed by atoms with Crippen LogP contribution in [0.25, 0.3) is 0 Å². The highest BCUT2D eigenvalue weighted by Gasteiger charge is 2.31. The minimum Gasteiger partial charge on any atom is -0.480 e. The average molecular weight is 460 g/mol. The van der Waals surface area contributed by atoms with Crippen molar-refractivity contribution in [1.82, 2.24) is 16.0 Å². The second kappa shape index (κ2) is 14.4. The van der Waals surface area contributed by atoms with Gasteiger partial charge in [0.05, 0.1) is 12.6 Å². The Morgan fingerprint density at radius 3 is 1.81 bits per heavy atom. The third-order valence-corrected chi connectivity index (χ3v) is 5.01. The zero-order valence-electron chi connectivity index (χ0n) is 19.1. The van der Waals surface area contributed by atoms with Crippen molar-refractivity contribution in [3.05, 3.63) is 0 Å². The number of amides is 4. The van der Waals surface area contributed by atoms with E-state index in [-0.39, 0.29) is 31.1 Å². The highest BCUT2D eigenvalue weighted by atomic mass is 16.4. The Morgan fingerprint density at radius 2 is 1.38 bits per heavy atom. The van der Waals surface area contributed by atoms with Gasteiger partial charge < -0.3 is 37.6 Å². The van der Waals surface area contributed by atoms with E-state index in [0.717, 1.165) is 0 Å². The number of nitrogens with one attached hydrogen (secondary N) is 3. The predicted octanol–water partition coefficient (Wildman–Crippen LogP) is -1.80. The SMILES string of the molecule is CCC(C)C(N)C(=O)NC(CC(C)C)C(=O)NC(CO)C(=O)NC(CCC(N)=O)C(=O)O. The van der Waals surface area contributed by atoms with Crippen LogP contribution in [0.4, 0.5) is 0 Å². The first-order chi connectivity index (χ1) is 14.8. The molecule has 0 heterocycles. The molecule has 0 saturated carbocycles. The van der Waals surface area contributed by atoms with Gasteiger partial charge in [-0.3, -0.25) is 19.2 Å². The summed E-state index contributed by atoms with van der Waals surface area (Å²) in [6, 6.07) is -4.72. The summed E-state index contributed by atoms with van der Waals surface area (Å²) in [4.78, 5) is 59.8. The summed E-state index contributed by atoms with van der Waals surface area (Å²) in [6.45, 7) is 6.56. The summed E-state index contributed by atoms with van der Waals surface area (Å²) in [5, 5.41) is 25.8. The van der Waals surface area contributed by atoms with Crippen LogP contribution in [0.15, 0.2) is 0 Å². The molecule has 9 N–H and O–H groups in total. The lowest BCUT2D eigenvalue weighted by Gasteiger charge is -2.26. The number of primary amides is 1. The van der Waals surface area contributed by atoms with Crippen molar-refractivity contribution in [2.24, 2.45) is 23.3 Å². The van der Waals surface area contributed by atoms with Crippen LogP contribution in [0.5, 0.6) is 0 Å². The van der Waals surface area contributed by atoms with Crippen LogP contribution in [0.1, 0.15) is 53.4 Å². The third-order valence-electron chi connectivity index (χ3n) is 5.01. The van der Waals surface area contributed by atoms with Crippen LogP contribution in [0.3, 0.4) is 0 Å². The molecule has 0 spiro atoms. The molecule has 0 saturated heterocycles. The number of carbonyl (C=O) groups is 5. The molecule has 5 unspecified atom stereocenters. The van der Waals surface area contributed by atoms with Gasteiger partial charge in [-0.1, -0.05) is 34.1 Å². The predicted molar refractivity (Wildman–Crippen MR) is 116 cm³/mol. The maximum absolute atomic E-state index is 12.7. The standard InChI is InChI=1S/C20H37N5O7/c1-5-11(4)16(22)19(30)24-13(8-10(2)3)17(28)25-14(9-26)18(29)23-12(20(31)32)6-7-15(21)27/h10-14,16,26H,5-9,22H2,1-4H3,(H2,21,27)(H,23,29)(H,24,30)(H,25,28)(H,31,32). The van der Waals surface area contributed by atoms with Crippen molar-refractivity contribution in [3.63, 3.8) is 0 Å². The molecule has 0 aliphatic heterocycles. The van der Waals surface area contributed by atoms with Crippen molar-refractivity contribution in [2.75, 3.05) is 6.61 Å². The van der Waals surface area contributed by atoms with Crippen LogP contribution in [-0.2, 0) is 24.0 Å². The number of hydrogen-bond acceptors (Lipinski definition) is 7. The van der Waals surface area contributed by atoms with E-state index in [4.69, 9.17) is 11.5 Å². The molecular weight excluding hydrogens is 422 g/mol. The van der Waals surface area contributed by atoms with E-state index in [0.29, 0.717) is 6.42 Å². The number of carboxylic acid groups (broad SMARTS) is 1. The average Bonchev–Trinajstić information content (AvgIpc) is 2.71. The number of aliphatic hydroxyl groups excluding tert-OH is 1. The van der Waals surface area contributed by atoms with Crippen LogP contribution in [-0.4, -0.2) is 70.6 Å². The van der Waals surface area contributed by atoms with Crippen molar-refractivity contribution < 1.29 is 34.2 Å². The molecular formula is C20H37N5O7. The van der Waals surface area contributed by atoms with Gasteiger partial charge in [0, 0.05) is 6.42 Å². The summed E-state index contributed by atoms with van der Waals surface area (Å²) < 4.78 is 0. The number of carbonyl (C=O) groups excluding carboxylic acids is 4. The van der Waals surface area contributed by atoms with E-state index in [9.17, 15) is 34.2 Å². The fraction of sp³-hybridized carbons (Fsp3) is 0.750. The highest BCUT2D eigenvalue weighted by Crippen LogP contribution is 2.09. The van der Waals surface area contributed by atoms with Crippen LogP contribution in [0.2, 0.25) is 0 Å². The molecule has 0 aromatic rings. The second-order valence-electron chi connectivity index (χ2n) is 8.25. The zero-order valence-corrected chi connectivity index (χ0v) is 19.1. The lowest BCUT2D eigenvalue weighted by Crippen LogP contribution is -2.58. The Bertz CT molecular complexity index is 671. The summed E-state index contributed by atoms with van der Waals surface area (Å²) in [7, 11) is 0. The fourth-order valence-corrected chi connectivity index (χ4v) is 2.77. The monoisotopic (exact) mass is 459 g/mol. The molecule has 5 atom stereocenters. The van der Waals surface area contributed by atoms with Crippen molar-refractivity contribution in [2.45, 2.75) is 77.5 Å². The first-order valence-corrected chi connectivity index (χ1v) is 10.6. The number of carboxylic acids is 1. The minimum absolute atomic E-state index is 0.0115. The van der Waals surface area contributed by atoms with Crippen LogP contribution < -0.4 is 27.4 Å². The summed E-state index contributed by atoms with van der Waals surface area (Å²) in [5.74, 6) is -4.42. The van der Waals surface area contributed by atoms with Gasteiger partial charge in [-0.25, -0.2) is 4.79 Å². The molecule has 32 heavy (non-hydrogen) atoms. The zero-order chi connectivity index (χ0) is 25.0. The molecule has 0 aliphatic carbocycles. The Kier molecular flexibility index (Phi) is 13.1. The summed E-state index contributed by atoms with van der Waals surface area (Å²) in [5.41, 5.74) is 10.9. The van der Waals surface area contributed by atoms with E-state index in [2.05, 4.69) is 16.0 Å². The lowest BCUT2D eigenvalue weighted by atomic mass is 9.97. The molecule has 0 fully saturated rings. The molecule has 0 aliphatic rings. The fourth-order valence-electron chi connectivity index (χ4n) is 2.77. The number of aliphatic carboxylic acids is 1. The molecule has 12 nitrogen and oxygen atoms in total. The van der Waals surface area contributed by atoms with Gasteiger partial charge in [0.15, 0.2) is 0 Å². The number of hydrogen-bond donors (Lipinski definition) is 7. The molecule has 184 valence electrons. The molecule has 0 aromatic heterocycles. The van der Waals surface area contributed by atoms with Gasteiger partial charge in [-0.15, -0.1) is 0 Å². The second-order valence-corrected chi connectivity index (χ2v) is 8.25. The van der Waals surface area contributed by atoms with E-state index in [1.54, 1.807) is 0 Å². The van der Waals surface area contributed by atoms with E-state index >= 15 is 0 Å². The highest BCUT2D eigenvalue weighted by molar-refractivity contribution is 5.94. The molecule has 4 amide bonds. The van der Waals surface area contributed by atoms with Gasteiger partial charge in [0.25, 0.3) is 0 Å². The maximum atomic E-state index is 12.7. The van der Waals surface area contributed by atoms with Crippen molar-refractivity contribution in [3.8, 4) is 0 Å².